The number of benzene rings is 1. The number of para-hydroxylation sites is 2. The number of carbonyl (C=O) groups is 1. The number of fused-ring (bicyclic) bond motifs is 3. The van der Waals surface area contributed by atoms with Gasteiger partial charge in [-0.15, -0.1) is 12.4 Å². The SMILES string of the molecule is Cc1c(C2CCSCC2)c(C#N)c2nc3ccccc3n2c1N1CCC(C(N)=O)CC1.Cl. The summed E-state index contributed by atoms with van der Waals surface area (Å²) in [6.07, 6.45) is 3.72. The Morgan fingerprint density at radius 2 is 1.88 bits per heavy atom. The number of aromatic nitrogens is 2. The zero-order chi connectivity index (χ0) is 21.5. The maximum Gasteiger partial charge on any atom is 0.220 e. The van der Waals surface area contributed by atoms with Crippen molar-refractivity contribution in [3.8, 4) is 6.07 Å². The number of hydrogen-bond acceptors (Lipinski definition) is 5. The monoisotopic (exact) mass is 469 g/mol. The van der Waals surface area contributed by atoms with Crippen LogP contribution in [0.1, 0.15) is 48.3 Å². The number of imidazole rings is 1. The van der Waals surface area contributed by atoms with Crippen LogP contribution in [0.4, 0.5) is 5.82 Å². The molecule has 3 aromatic rings. The van der Waals surface area contributed by atoms with E-state index in [1.54, 1.807) is 0 Å². The van der Waals surface area contributed by atoms with E-state index < -0.39 is 0 Å². The van der Waals surface area contributed by atoms with Crippen LogP contribution in [-0.4, -0.2) is 39.9 Å². The van der Waals surface area contributed by atoms with Gasteiger partial charge in [0.15, 0.2) is 5.65 Å². The van der Waals surface area contributed by atoms with Gasteiger partial charge in [0.05, 0.1) is 16.6 Å². The maximum absolute atomic E-state index is 11.7. The number of piperidine rings is 1. The predicted molar refractivity (Wildman–Crippen MR) is 133 cm³/mol. The van der Waals surface area contributed by atoms with Crippen LogP contribution >= 0.6 is 24.2 Å². The van der Waals surface area contributed by atoms with Crippen LogP contribution in [0, 0.1) is 24.2 Å². The second-order valence-corrected chi connectivity index (χ2v) is 9.88. The molecule has 5 rings (SSSR count). The van der Waals surface area contributed by atoms with Gasteiger partial charge in [0, 0.05) is 19.0 Å². The third-order valence-corrected chi connectivity index (χ3v) is 7.99. The molecule has 2 aromatic heterocycles. The fourth-order valence-electron chi connectivity index (χ4n) is 5.37. The van der Waals surface area contributed by atoms with E-state index in [1.807, 2.05) is 30.0 Å². The molecule has 0 radical (unpaired) electrons. The number of rotatable bonds is 3. The first-order valence-corrected chi connectivity index (χ1v) is 12.2. The molecule has 0 aliphatic carbocycles. The summed E-state index contributed by atoms with van der Waals surface area (Å²) in [5.74, 6) is 3.53. The van der Waals surface area contributed by atoms with E-state index in [1.165, 1.54) is 11.1 Å². The van der Waals surface area contributed by atoms with Crippen molar-refractivity contribution in [2.45, 2.75) is 38.5 Å². The second kappa shape index (κ2) is 9.21. The van der Waals surface area contributed by atoms with Crippen molar-refractivity contribution >= 4 is 52.6 Å². The van der Waals surface area contributed by atoms with Gasteiger partial charge in [-0.2, -0.15) is 17.0 Å². The van der Waals surface area contributed by atoms with Gasteiger partial charge in [-0.1, -0.05) is 12.1 Å². The number of nitrogens with zero attached hydrogens (tertiary/aromatic N) is 4. The molecule has 0 atom stereocenters. The van der Waals surface area contributed by atoms with E-state index in [-0.39, 0.29) is 24.2 Å². The van der Waals surface area contributed by atoms with Crippen LogP contribution in [0.3, 0.4) is 0 Å². The normalized spacial score (nSPS) is 17.9. The van der Waals surface area contributed by atoms with Crippen LogP contribution in [-0.2, 0) is 4.79 Å². The van der Waals surface area contributed by atoms with Crippen molar-refractivity contribution in [3.63, 3.8) is 0 Å². The zero-order valence-corrected chi connectivity index (χ0v) is 19.8. The van der Waals surface area contributed by atoms with Crippen molar-refractivity contribution in [1.29, 1.82) is 5.26 Å². The van der Waals surface area contributed by atoms with Gasteiger partial charge in [-0.3, -0.25) is 9.20 Å². The molecule has 0 saturated carbocycles. The third kappa shape index (κ3) is 3.70. The lowest BCUT2D eigenvalue weighted by atomic mass is 9.86. The topological polar surface area (TPSA) is 87.4 Å². The minimum atomic E-state index is -0.199. The van der Waals surface area contributed by atoms with Gasteiger partial charge in [0.1, 0.15) is 11.9 Å². The number of amides is 1. The Bertz CT molecular complexity index is 1200. The highest BCUT2D eigenvalue weighted by molar-refractivity contribution is 7.99. The standard InChI is InChI=1S/C24H27N5OS.ClH/c1-15-21(16-8-12-31-13-9-16)18(14-25)23-27-19-4-2-3-5-20(19)29(23)24(15)28-10-6-17(7-11-28)22(26)30;/h2-5,16-17H,6-13H2,1H3,(H2,26,30);1H. The number of nitriles is 1. The first kappa shape index (κ1) is 22.8. The van der Waals surface area contributed by atoms with Gasteiger partial charge < -0.3 is 10.6 Å². The summed E-state index contributed by atoms with van der Waals surface area (Å²) >= 11 is 2.00. The lowest BCUT2D eigenvalue weighted by Crippen LogP contribution is -2.40. The Balaban J connectivity index is 0.00000245. The van der Waals surface area contributed by atoms with E-state index in [0.29, 0.717) is 5.92 Å². The molecule has 6 nitrogen and oxygen atoms in total. The third-order valence-electron chi connectivity index (χ3n) is 6.94. The number of primary amides is 1. The minimum absolute atomic E-state index is 0. The second-order valence-electron chi connectivity index (χ2n) is 8.66. The van der Waals surface area contributed by atoms with Crippen LogP contribution < -0.4 is 10.6 Å². The highest BCUT2D eigenvalue weighted by Gasteiger charge is 2.31. The smallest absolute Gasteiger partial charge is 0.220 e. The van der Waals surface area contributed by atoms with E-state index in [4.69, 9.17) is 10.7 Å². The fraction of sp³-hybridized carbons (Fsp3) is 0.458. The van der Waals surface area contributed by atoms with Crippen LogP contribution in [0.15, 0.2) is 24.3 Å². The largest absolute Gasteiger partial charge is 0.369 e. The molecular weight excluding hydrogens is 442 g/mol. The van der Waals surface area contributed by atoms with Crippen molar-refractivity contribution in [2.24, 2.45) is 11.7 Å². The Morgan fingerprint density at radius 1 is 1.19 bits per heavy atom. The van der Waals surface area contributed by atoms with Crippen LogP contribution in [0.5, 0.6) is 0 Å². The summed E-state index contributed by atoms with van der Waals surface area (Å²) < 4.78 is 2.18. The summed E-state index contributed by atoms with van der Waals surface area (Å²) in [5, 5.41) is 10.2. The Morgan fingerprint density at radius 3 is 2.53 bits per heavy atom. The number of nitrogens with two attached hydrogens (primary N) is 1. The van der Waals surface area contributed by atoms with Gasteiger partial charge >= 0.3 is 0 Å². The number of pyridine rings is 1. The summed E-state index contributed by atoms with van der Waals surface area (Å²) in [4.78, 5) is 19.0. The Hall–Kier alpha value is -2.43. The molecule has 2 aliphatic heterocycles. The highest BCUT2D eigenvalue weighted by atomic mass is 35.5. The van der Waals surface area contributed by atoms with Gasteiger partial charge in [-0.05, 0) is 73.3 Å². The molecule has 168 valence electrons. The molecule has 4 heterocycles. The molecular formula is C24H28ClN5OS. The number of carbonyl (C=O) groups excluding carboxylic acids is 1. The minimum Gasteiger partial charge on any atom is -0.369 e. The average molecular weight is 470 g/mol. The van der Waals surface area contributed by atoms with Gasteiger partial charge in [0.25, 0.3) is 0 Å². The lowest BCUT2D eigenvalue weighted by molar-refractivity contribution is -0.122. The van der Waals surface area contributed by atoms with E-state index in [0.717, 1.165) is 78.3 Å². The number of anilines is 1. The molecule has 2 aliphatic rings. The van der Waals surface area contributed by atoms with Crippen molar-refractivity contribution in [1.82, 2.24) is 9.38 Å². The quantitative estimate of drug-likeness (QED) is 0.614. The summed E-state index contributed by atoms with van der Waals surface area (Å²) in [6, 6.07) is 10.6. The summed E-state index contributed by atoms with van der Waals surface area (Å²) in [7, 11) is 0. The van der Waals surface area contributed by atoms with E-state index in [2.05, 4.69) is 28.4 Å². The van der Waals surface area contributed by atoms with E-state index >= 15 is 0 Å². The fourth-order valence-corrected chi connectivity index (χ4v) is 6.47. The van der Waals surface area contributed by atoms with E-state index in [9.17, 15) is 10.1 Å². The van der Waals surface area contributed by atoms with Crippen molar-refractivity contribution in [2.75, 3.05) is 29.5 Å². The molecule has 0 unspecified atom stereocenters. The van der Waals surface area contributed by atoms with Gasteiger partial charge in [0.2, 0.25) is 5.91 Å². The molecule has 32 heavy (non-hydrogen) atoms. The average Bonchev–Trinajstić information content (AvgIpc) is 3.18. The Labute approximate surface area is 198 Å². The molecule has 1 amide bonds. The lowest BCUT2D eigenvalue weighted by Gasteiger charge is -2.35. The Kier molecular flexibility index (Phi) is 6.55. The first-order valence-electron chi connectivity index (χ1n) is 11.1. The molecule has 2 N–H and O–H groups in total. The molecule has 2 saturated heterocycles. The predicted octanol–water partition coefficient (Wildman–Crippen LogP) is 4.40. The molecule has 0 bridgehead atoms. The van der Waals surface area contributed by atoms with Gasteiger partial charge in [-0.25, -0.2) is 4.98 Å². The number of hydrogen-bond donors (Lipinski definition) is 1. The summed E-state index contributed by atoms with van der Waals surface area (Å²) in [5.41, 5.74) is 11.3. The molecule has 2 fully saturated rings. The van der Waals surface area contributed by atoms with Crippen molar-refractivity contribution < 1.29 is 4.79 Å². The zero-order valence-electron chi connectivity index (χ0n) is 18.2. The highest BCUT2D eigenvalue weighted by Crippen LogP contribution is 2.41. The van der Waals surface area contributed by atoms with Crippen LogP contribution in [0.2, 0.25) is 0 Å². The number of halogens is 1. The van der Waals surface area contributed by atoms with Crippen molar-refractivity contribution in [3.05, 3.63) is 41.0 Å². The molecule has 0 spiro atoms. The van der Waals surface area contributed by atoms with Crippen LogP contribution in [0.25, 0.3) is 16.7 Å². The first-order chi connectivity index (χ1) is 15.1. The molecule has 1 aromatic carbocycles. The molecule has 8 heteroatoms. The summed E-state index contributed by atoms with van der Waals surface area (Å²) in [6.45, 7) is 3.73. The maximum atomic E-state index is 11.7. The number of thioether (sulfide) groups is 1.